The Balaban J connectivity index is 0.982. The first kappa shape index (κ1) is 62.7. The number of benzene rings is 6. The Labute approximate surface area is 550 Å². The molecule has 15 heteroatoms. The Hall–Kier alpha value is -5.75. The van der Waals surface area contributed by atoms with Crippen LogP contribution in [-0.2, 0) is 47.9 Å². The second-order valence-electron chi connectivity index (χ2n) is 26.9. The summed E-state index contributed by atoms with van der Waals surface area (Å²) in [7, 11) is 8.20. The first-order chi connectivity index (χ1) is 44.4. The SMILES string of the molecule is CCc1ccc2cccc3c2c1Cc1c(ccc(O)c1OC)CC(Cc1cc[nH]c1)C(O)C1C(=O)C(c2cc(O)c4c(c2)C25CCCC(Cc6ccccc6)C2(C=CCN5)C=C4)(C2CSSCC4CCCCC4Oc4cc2ccc4O)C(O)CC1CSSC3CO. The molecule has 7 aliphatic rings. The van der Waals surface area contributed by atoms with Crippen LogP contribution in [0.4, 0.5) is 0 Å². The molecule has 3 saturated carbocycles. The first-order valence-corrected chi connectivity index (χ1v) is 37.9. The number of aromatic hydroxyl groups is 3. The summed E-state index contributed by atoms with van der Waals surface area (Å²) >= 11 is 0. The van der Waals surface area contributed by atoms with E-state index < -0.39 is 57.5 Å². The molecule has 14 rings (SSSR count). The van der Waals surface area contributed by atoms with E-state index in [9.17, 15) is 30.6 Å². The van der Waals surface area contributed by atoms with Crippen LogP contribution in [0.25, 0.3) is 16.8 Å². The molecule has 6 aromatic carbocycles. The lowest BCUT2D eigenvalue weighted by molar-refractivity contribution is -0.150. The van der Waals surface area contributed by atoms with Gasteiger partial charge in [-0.3, -0.25) is 4.79 Å². The quantitative estimate of drug-likeness (QED) is 0.0504. The van der Waals surface area contributed by atoms with E-state index in [2.05, 4.69) is 102 Å². The molecule has 13 atom stereocenters. The highest BCUT2D eigenvalue weighted by molar-refractivity contribution is 8.77. The van der Waals surface area contributed by atoms with Crippen LogP contribution in [0.2, 0.25) is 0 Å². The van der Waals surface area contributed by atoms with Gasteiger partial charge in [-0.25, -0.2) is 0 Å². The first-order valence-electron chi connectivity index (χ1n) is 33.0. The number of aromatic nitrogens is 1. The third-order valence-corrected chi connectivity index (χ3v) is 27.7. The van der Waals surface area contributed by atoms with Crippen molar-refractivity contribution in [2.45, 2.75) is 131 Å². The molecule has 4 aliphatic carbocycles. The lowest BCUT2D eigenvalue weighted by Crippen LogP contribution is -2.64. The Morgan fingerprint density at radius 3 is 2.44 bits per heavy atom. The average molecular weight is 1300 g/mol. The summed E-state index contributed by atoms with van der Waals surface area (Å²) in [5.41, 5.74) is 6.90. The van der Waals surface area contributed by atoms with Gasteiger partial charge in [0.2, 0.25) is 0 Å². The maximum absolute atomic E-state index is 18.0. The standard InChI is InChI=1S/C76H84N2O9S4/c1-3-47-19-20-48-15-9-17-57-67(41-79)91-90-43-53-36-68(83)76(61-44-89-88-42-51-14-7-8-18-65(51)87-66-35-50(61)22-23-62(66)80,55-37-60-56(64(82)38-55)25-29-74-27-11-30-78-75(60,74)28-10-16-54(74)33-45-12-5-4-6-13-45)73(85)70(53)71(84)52(32-46-26-31-77-40-46)34-49-21-24-63(81)72(86-2)59(49)39-58(47)69(48)57/h4-6,9,11-13,15,17,19-27,29,31,35,37-38,40,51-54,61,65,67-68,70-71,77-84H,3,7-8,10,14,16,18,28,30,32-34,36,39,41-44H2,1-2H3. The van der Waals surface area contributed by atoms with E-state index in [1.165, 1.54) is 5.56 Å². The molecule has 7 aromatic rings. The van der Waals surface area contributed by atoms with Crippen molar-refractivity contribution in [3.05, 3.63) is 201 Å². The number of phenolic OH excluding ortho intramolecular Hbond substituents is 3. The van der Waals surface area contributed by atoms with Crippen LogP contribution in [0, 0.1) is 35.0 Å². The molecule has 0 amide bonds. The number of methoxy groups -OCH3 is 1. The van der Waals surface area contributed by atoms with Crippen molar-refractivity contribution in [3.8, 4) is 28.7 Å². The van der Waals surface area contributed by atoms with E-state index in [1.54, 1.807) is 68.5 Å². The number of ketones is 1. The number of fused-ring (bicyclic) bond motifs is 6. The highest BCUT2D eigenvalue weighted by atomic mass is 33.1. The number of aliphatic hydroxyl groups excluding tert-OH is 3. The number of Topliss-reactive ketones (excluding diaryl/α,β-unsaturated/α-hetero) is 1. The Morgan fingerprint density at radius 2 is 1.62 bits per heavy atom. The van der Waals surface area contributed by atoms with Gasteiger partial charge in [0.1, 0.15) is 11.9 Å². The van der Waals surface area contributed by atoms with Crippen molar-refractivity contribution < 1.29 is 44.9 Å². The lowest BCUT2D eigenvalue weighted by Gasteiger charge is -2.60. The van der Waals surface area contributed by atoms with Crippen molar-refractivity contribution in [2.24, 2.45) is 35.0 Å². The number of phenols is 3. The van der Waals surface area contributed by atoms with Crippen molar-refractivity contribution in [1.29, 1.82) is 0 Å². The molecular formula is C76H84N2O9S4. The van der Waals surface area contributed by atoms with Gasteiger partial charge in [0, 0.05) is 76.9 Å². The Bertz CT molecular complexity index is 3880. The molecule has 91 heavy (non-hydrogen) atoms. The minimum absolute atomic E-state index is 0.000786. The zero-order valence-electron chi connectivity index (χ0n) is 51.9. The second-order valence-corrected chi connectivity index (χ2v) is 32.0. The fourth-order valence-corrected chi connectivity index (χ4v) is 23.7. The predicted molar refractivity (Wildman–Crippen MR) is 371 cm³/mol. The van der Waals surface area contributed by atoms with Crippen molar-refractivity contribution >= 4 is 65.8 Å². The van der Waals surface area contributed by atoms with Crippen LogP contribution in [-0.4, -0.2) is 97.2 Å². The monoisotopic (exact) mass is 1300 g/mol. The predicted octanol–water partition coefficient (Wildman–Crippen LogP) is 14.7. The van der Waals surface area contributed by atoms with Crippen molar-refractivity contribution in [3.63, 3.8) is 0 Å². The normalized spacial score (nSPS) is 30.8. The molecule has 476 valence electrons. The van der Waals surface area contributed by atoms with Gasteiger partial charge in [-0.2, -0.15) is 0 Å². The minimum Gasteiger partial charge on any atom is -0.507 e. The molecule has 11 nitrogen and oxygen atoms in total. The number of H-pyrrole nitrogens is 1. The van der Waals surface area contributed by atoms with Crippen molar-refractivity contribution in [2.75, 3.05) is 37.5 Å². The van der Waals surface area contributed by atoms with Gasteiger partial charge >= 0.3 is 0 Å². The molecular weight excluding hydrogens is 1210 g/mol. The van der Waals surface area contributed by atoms with Crippen LogP contribution in [0.15, 0.2) is 140 Å². The topological polar surface area (TPSA) is 185 Å². The third-order valence-electron chi connectivity index (χ3n) is 22.3. The number of carbonyl (C=O) groups excluding carboxylic acids is 1. The number of aryl methyl sites for hydroxylation is 1. The number of hydrogen-bond donors (Lipinski definition) is 8. The molecule has 0 spiro atoms. The summed E-state index contributed by atoms with van der Waals surface area (Å²) in [6.45, 7) is 2.60. The molecule has 1 aromatic heterocycles. The summed E-state index contributed by atoms with van der Waals surface area (Å²) in [5, 5.41) is 82.5. The zero-order chi connectivity index (χ0) is 62.6. The van der Waals surface area contributed by atoms with Gasteiger partial charge < -0.3 is 50.4 Å². The number of carbonyl (C=O) groups is 1. The van der Waals surface area contributed by atoms with Crippen LogP contribution in [0.1, 0.15) is 131 Å². The van der Waals surface area contributed by atoms with E-state index >= 15 is 4.79 Å². The summed E-state index contributed by atoms with van der Waals surface area (Å²) in [4.78, 5) is 21.3. The van der Waals surface area contributed by atoms with Gasteiger partial charge in [-0.1, -0.05) is 166 Å². The zero-order valence-corrected chi connectivity index (χ0v) is 55.2. The summed E-state index contributed by atoms with van der Waals surface area (Å²) in [5.74, 6) is -0.551. The molecule has 0 saturated heterocycles. The van der Waals surface area contributed by atoms with E-state index in [4.69, 9.17) is 9.47 Å². The van der Waals surface area contributed by atoms with Crippen molar-refractivity contribution in [1.82, 2.24) is 10.3 Å². The average Bonchev–Trinajstić information content (AvgIpc) is 0.889. The van der Waals surface area contributed by atoms with E-state index in [0.717, 1.165) is 119 Å². The molecule has 3 fully saturated rings. The second kappa shape index (κ2) is 26.2. The van der Waals surface area contributed by atoms with Gasteiger partial charge in [-0.05, 0) is 173 Å². The van der Waals surface area contributed by atoms with E-state index in [0.29, 0.717) is 59.9 Å². The van der Waals surface area contributed by atoms with Crippen LogP contribution in [0.3, 0.4) is 0 Å². The fraction of sp³-hybridized carbons (Fsp3) is 0.434. The summed E-state index contributed by atoms with van der Waals surface area (Å²) in [6.07, 6.45) is 19.7. The number of hydrogen-bond acceptors (Lipinski definition) is 14. The molecule has 8 N–H and O–H groups in total. The third kappa shape index (κ3) is 11.0. The van der Waals surface area contributed by atoms with Gasteiger partial charge in [0.15, 0.2) is 28.8 Å². The minimum atomic E-state index is -1.80. The van der Waals surface area contributed by atoms with Gasteiger partial charge in [0.05, 0.1) is 42.1 Å². The van der Waals surface area contributed by atoms with Gasteiger partial charge in [-0.15, -0.1) is 0 Å². The van der Waals surface area contributed by atoms with Gasteiger partial charge in [0.25, 0.3) is 0 Å². The summed E-state index contributed by atoms with van der Waals surface area (Å²) < 4.78 is 13.1. The smallest absolute Gasteiger partial charge is 0.164 e. The van der Waals surface area contributed by atoms with E-state index in [-0.39, 0.29) is 54.0 Å². The fourth-order valence-electron chi connectivity index (χ4n) is 17.9. The lowest BCUT2D eigenvalue weighted by atomic mass is 9.48. The summed E-state index contributed by atoms with van der Waals surface area (Å²) in [6, 6.07) is 36.4. The number of aromatic amines is 1. The molecule has 3 aliphatic heterocycles. The highest BCUT2D eigenvalue weighted by Crippen LogP contribution is 2.64. The maximum Gasteiger partial charge on any atom is 0.164 e. The molecule has 2 bridgehead atoms. The van der Waals surface area contributed by atoms with Crippen LogP contribution < -0.4 is 14.8 Å². The van der Waals surface area contributed by atoms with Crippen LogP contribution >= 0.6 is 43.2 Å². The number of aliphatic hydroxyl groups is 3. The maximum atomic E-state index is 18.0. The number of nitrogens with one attached hydrogen (secondary N) is 2. The highest BCUT2D eigenvalue weighted by Gasteiger charge is 2.64. The number of rotatable bonds is 9. The van der Waals surface area contributed by atoms with Crippen LogP contribution in [0.5, 0.6) is 28.7 Å². The molecule has 0 radical (unpaired) electrons. The Kier molecular flexibility index (Phi) is 18.1. The largest absolute Gasteiger partial charge is 0.507 e. The number of ether oxygens (including phenoxy) is 2. The van der Waals surface area contributed by atoms with E-state index in [1.807, 2.05) is 42.7 Å². The molecule has 13 unspecified atom stereocenters. The molecule has 4 heterocycles. The Morgan fingerprint density at radius 1 is 0.780 bits per heavy atom.